The predicted molar refractivity (Wildman–Crippen MR) is 98.9 cm³/mol. The van der Waals surface area contributed by atoms with E-state index in [1.165, 1.54) is 5.56 Å². The summed E-state index contributed by atoms with van der Waals surface area (Å²) in [6.45, 7) is 3.02. The number of amides is 1. The van der Waals surface area contributed by atoms with Crippen LogP contribution in [-0.2, 0) is 21.2 Å². The zero-order chi connectivity index (χ0) is 17.9. The number of benzene rings is 1. The Hall–Kier alpha value is -1.40. The summed E-state index contributed by atoms with van der Waals surface area (Å²) in [5.74, 6) is 0.862. The minimum Gasteiger partial charge on any atom is -0.342 e. The molecule has 0 N–H and O–H groups in total. The minimum atomic E-state index is -2.94. The van der Waals surface area contributed by atoms with Crippen LogP contribution >= 0.6 is 0 Å². The number of likely N-dealkylation sites (tertiary alicyclic amines) is 1. The Bertz CT molecular complexity index is 682. The van der Waals surface area contributed by atoms with Crippen LogP contribution < -0.4 is 0 Å². The van der Waals surface area contributed by atoms with E-state index in [0.717, 1.165) is 32.5 Å². The second kappa shape index (κ2) is 7.87. The smallest absolute Gasteiger partial charge is 0.222 e. The van der Waals surface area contributed by atoms with Crippen molar-refractivity contribution in [2.45, 2.75) is 38.3 Å². The van der Waals surface area contributed by atoms with Crippen molar-refractivity contribution in [2.24, 2.45) is 5.92 Å². The van der Waals surface area contributed by atoms with Crippen LogP contribution in [0.3, 0.4) is 0 Å². The molecule has 1 aromatic rings. The fraction of sp³-hybridized carbons (Fsp3) is 0.632. The number of hydrogen-bond donors (Lipinski definition) is 0. The zero-order valence-electron chi connectivity index (χ0n) is 14.9. The molecule has 0 unspecified atom stereocenters. The molecular formula is C19H28N2O3S. The maximum Gasteiger partial charge on any atom is 0.222 e. The lowest BCUT2D eigenvalue weighted by Crippen LogP contribution is -2.40. The molecule has 0 bridgehead atoms. The van der Waals surface area contributed by atoms with Gasteiger partial charge in [-0.3, -0.25) is 9.69 Å². The van der Waals surface area contributed by atoms with Crippen molar-refractivity contribution in [1.82, 2.24) is 9.80 Å². The molecule has 0 saturated carbocycles. The number of rotatable bonds is 5. The van der Waals surface area contributed by atoms with Gasteiger partial charge in [0.25, 0.3) is 0 Å². The van der Waals surface area contributed by atoms with E-state index in [-0.39, 0.29) is 23.5 Å². The van der Waals surface area contributed by atoms with Gasteiger partial charge in [0.15, 0.2) is 9.84 Å². The number of piperidine rings is 1. The average molecular weight is 365 g/mol. The highest BCUT2D eigenvalue weighted by Gasteiger charge is 2.33. The summed E-state index contributed by atoms with van der Waals surface area (Å²) in [6, 6.07) is 10.4. The second-order valence-electron chi connectivity index (χ2n) is 7.47. The third kappa shape index (κ3) is 5.05. The van der Waals surface area contributed by atoms with Crippen molar-refractivity contribution in [3.05, 3.63) is 35.9 Å². The van der Waals surface area contributed by atoms with E-state index in [9.17, 15) is 13.2 Å². The van der Waals surface area contributed by atoms with Crippen molar-refractivity contribution in [2.75, 3.05) is 31.6 Å². The molecule has 25 heavy (non-hydrogen) atoms. The van der Waals surface area contributed by atoms with Crippen LogP contribution in [0.25, 0.3) is 0 Å². The molecule has 2 saturated heterocycles. The van der Waals surface area contributed by atoms with Gasteiger partial charge in [-0.2, -0.15) is 0 Å². The quantitative estimate of drug-likeness (QED) is 0.801. The van der Waals surface area contributed by atoms with Gasteiger partial charge in [-0.15, -0.1) is 0 Å². The summed E-state index contributed by atoms with van der Waals surface area (Å²) in [7, 11) is -1.18. The number of hydrogen-bond acceptors (Lipinski definition) is 4. The second-order valence-corrected chi connectivity index (χ2v) is 9.70. The van der Waals surface area contributed by atoms with E-state index in [4.69, 9.17) is 0 Å². The molecule has 2 fully saturated rings. The van der Waals surface area contributed by atoms with Gasteiger partial charge in [-0.25, -0.2) is 8.42 Å². The first-order valence-corrected chi connectivity index (χ1v) is 11.0. The van der Waals surface area contributed by atoms with Gasteiger partial charge in [0.1, 0.15) is 0 Å². The van der Waals surface area contributed by atoms with Gasteiger partial charge in [-0.1, -0.05) is 30.3 Å². The average Bonchev–Trinajstić information content (AvgIpc) is 2.97. The van der Waals surface area contributed by atoms with Crippen LogP contribution in [0.15, 0.2) is 30.3 Å². The fourth-order valence-corrected chi connectivity index (χ4v) is 5.64. The van der Waals surface area contributed by atoms with E-state index in [1.807, 2.05) is 6.07 Å². The minimum absolute atomic E-state index is 0.101. The highest BCUT2D eigenvalue weighted by atomic mass is 32.2. The molecule has 1 atom stereocenters. The summed E-state index contributed by atoms with van der Waals surface area (Å²) in [5.41, 5.74) is 1.33. The molecule has 5 nitrogen and oxygen atoms in total. The van der Waals surface area contributed by atoms with Crippen LogP contribution in [0.2, 0.25) is 0 Å². The lowest BCUT2D eigenvalue weighted by molar-refractivity contribution is -0.132. The van der Waals surface area contributed by atoms with Crippen molar-refractivity contribution in [3.8, 4) is 0 Å². The lowest BCUT2D eigenvalue weighted by Gasteiger charge is -2.33. The molecule has 2 heterocycles. The van der Waals surface area contributed by atoms with E-state index in [0.29, 0.717) is 18.8 Å². The Balaban J connectivity index is 1.43. The molecule has 1 amide bonds. The van der Waals surface area contributed by atoms with E-state index in [2.05, 4.69) is 29.2 Å². The third-order valence-electron chi connectivity index (χ3n) is 5.57. The Morgan fingerprint density at radius 3 is 2.44 bits per heavy atom. The van der Waals surface area contributed by atoms with Crippen molar-refractivity contribution >= 4 is 15.7 Å². The molecular weight excluding hydrogens is 336 g/mol. The van der Waals surface area contributed by atoms with Gasteiger partial charge in [0, 0.05) is 26.1 Å². The van der Waals surface area contributed by atoms with Crippen molar-refractivity contribution in [1.29, 1.82) is 0 Å². The Kier molecular flexibility index (Phi) is 5.79. The first-order chi connectivity index (χ1) is 11.9. The first kappa shape index (κ1) is 18.4. The van der Waals surface area contributed by atoms with Gasteiger partial charge in [0.2, 0.25) is 5.91 Å². The standard InChI is InChI=1S/C19H28N2O3S/c1-20(18-9-12-25(23,24)15-18)19(22)13-16-7-10-21(11-8-16)14-17-5-3-2-4-6-17/h2-6,16,18H,7-15H2,1H3/t18-/m1/s1. The molecule has 3 rings (SSSR count). The predicted octanol–water partition coefficient (Wildman–Crippen LogP) is 1.93. The van der Waals surface area contributed by atoms with Crippen LogP contribution in [0.4, 0.5) is 0 Å². The Labute approximate surface area is 150 Å². The SMILES string of the molecule is CN(C(=O)CC1CCN(Cc2ccccc2)CC1)[C@@H]1CCS(=O)(=O)C1. The van der Waals surface area contributed by atoms with Gasteiger partial charge in [-0.05, 0) is 43.8 Å². The molecule has 0 aromatic heterocycles. The van der Waals surface area contributed by atoms with Crippen LogP contribution in [0, 0.1) is 5.92 Å². The van der Waals surface area contributed by atoms with Crippen LogP contribution in [0.5, 0.6) is 0 Å². The summed E-state index contributed by atoms with van der Waals surface area (Å²) in [6.07, 6.45) is 3.21. The maximum atomic E-state index is 12.5. The normalized spacial score (nSPS) is 24.3. The monoisotopic (exact) mass is 364 g/mol. The molecule has 0 spiro atoms. The van der Waals surface area contributed by atoms with E-state index >= 15 is 0 Å². The number of sulfone groups is 1. The molecule has 138 valence electrons. The molecule has 6 heteroatoms. The largest absolute Gasteiger partial charge is 0.342 e. The topological polar surface area (TPSA) is 57.7 Å². The van der Waals surface area contributed by atoms with E-state index in [1.54, 1.807) is 11.9 Å². The highest BCUT2D eigenvalue weighted by Crippen LogP contribution is 2.24. The van der Waals surface area contributed by atoms with Crippen molar-refractivity contribution < 1.29 is 13.2 Å². The highest BCUT2D eigenvalue weighted by molar-refractivity contribution is 7.91. The number of carbonyl (C=O) groups excluding carboxylic acids is 1. The fourth-order valence-electron chi connectivity index (χ4n) is 3.87. The zero-order valence-corrected chi connectivity index (χ0v) is 15.7. The Morgan fingerprint density at radius 1 is 1.16 bits per heavy atom. The lowest BCUT2D eigenvalue weighted by atomic mass is 9.92. The third-order valence-corrected chi connectivity index (χ3v) is 7.32. The first-order valence-electron chi connectivity index (χ1n) is 9.15. The van der Waals surface area contributed by atoms with Gasteiger partial charge < -0.3 is 4.90 Å². The van der Waals surface area contributed by atoms with E-state index < -0.39 is 9.84 Å². The van der Waals surface area contributed by atoms with Crippen molar-refractivity contribution in [3.63, 3.8) is 0 Å². The molecule has 1 aromatic carbocycles. The molecule has 0 radical (unpaired) electrons. The van der Waals surface area contributed by atoms with Crippen LogP contribution in [-0.4, -0.2) is 61.8 Å². The Morgan fingerprint density at radius 2 is 1.84 bits per heavy atom. The summed E-state index contributed by atoms with van der Waals surface area (Å²) in [5, 5.41) is 0. The summed E-state index contributed by atoms with van der Waals surface area (Å²) in [4.78, 5) is 16.6. The molecule has 2 aliphatic heterocycles. The summed E-state index contributed by atoms with van der Waals surface area (Å²) >= 11 is 0. The van der Waals surface area contributed by atoms with Gasteiger partial charge in [0.05, 0.1) is 11.5 Å². The molecule has 0 aliphatic carbocycles. The number of carbonyl (C=O) groups is 1. The maximum absolute atomic E-state index is 12.5. The summed E-state index contributed by atoms with van der Waals surface area (Å²) < 4.78 is 23.2. The number of nitrogens with zero attached hydrogens (tertiary/aromatic N) is 2. The van der Waals surface area contributed by atoms with Crippen LogP contribution in [0.1, 0.15) is 31.2 Å². The van der Waals surface area contributed by atoms with Gasteiger partial charge >= 0.3 is 0 Å². The molecule has 2 aliphatic rings.